The lowest BCUT2D eigenvalue weighted by Crippen LogP contribution is -2.55. The number of carbonyl (C=O) groups is 1. The first-order valence-corrected chi connectivity index (χ1v) is 10.9. The predicted octanol–water partition coefficient (Wildman–Crippen LogP) is 4.13. The maximum Gasteiger partial charge on any atom is 0.232 e. The second-order valence-electron chi connectivity index (χ2n) is 8.68. The summed E-state index contributed by atoms with van der Waals surface area (Å²) in [7, 11) is 0. The van der Waals surface area contributed by atoms with E-state index in [1.807, 2.05) is 31.2 Å². The SMILES string of the molecule is CCOCCOc1cccc(NC(=S)NC(=O)C23CC4CC(CC(C4)C2)C3)c1. The number of carbonyl (C=O) groups excluding carboxylic acids is 1. The van der Waals surface area contributed by atoms with Gasteiger partial charge in [-0.05, 0) is 87.6 Å². The molecule has 1 amide bonds. The molecule has 0 spiro atoms. The Labute approximate surface area is 172 Å². The minimum Gasteiger partial charge on any atom is -0.491 e. The standard InChI is InChI=1S/C22H30N2O3S/c1-2-26-6-7-27-19-5-3-4-18(11-19)23-21(28)24-20(25)22-12-15-8-16(13-22)10-17(9-15)14-22/h3-5,11,15-17H,2,6-10,12-14H2,1H3,(H2,23,24,25,28). The molecule has 0 radical (unpaired) electrons. The second kappa shape index (κ2) is 8.37. The molecule has 0 atom stereocenters. The Hall–Kier alpha value is -1.66. The van der Waals surface area contributed by atoms with E-state index < -0.39 is 0 Å². The molecule has 5 nitrogen and oxygen atoms in total. The van der Waals surface area contributed by atoms with Crippen LogP contribution in [0.4, 0.5) is 5.69 Å². The van der Waals surface area contributed by atoms with Crippen molar-refractivity contribution in [1.82, 2.24) is 5.32 Å². The molecular formula is C22H30N2O3S. The third-order valence-corrected chi connectivity index (χ3v) is 6.74. The number of amides is 1. The van der Waals surface area contributed by atoms with E-state index in [4.69, 9.17) is 21.7 Å². The summed E-state index contributed by atoms with van der Waals surface area (Å²) in [6.07, 6.45) is 7.09. The van der Waals surface area contributed by atoms with Crippen molar-refractivity contribution in [2.45, 2.75) is 45.4 Å². The lowest BCUT2D eigenvalue weighted by Gasteiger charge is -2.55. The van der Waals surface area contributed by atoms with Crippen molar-refractivity contribution in [2.24, 2.45) is 23.2 Å². The number of benzene rings is 1. The Balaban J connectivity index is 1.31. The second-order valence-corrected chi connectivity index (χ2v) is 9.09. The summed E-state index contributed by atoms with van der Waals surface area (Å²) < 4.78 is 11.0. The van der Waals surface area contributed by atoms with Crippen LogP contribution in [0.25, 0.3) is 0 Å². The molecular weight excluding hydrogens is 372 g/mol. The summed E-state index contributed by atoms with van der Waals surface area (Å²) in [6, 6.07) is 7.60. The number of nitrogens with one attached hydrogen (secondary N) is 2. The normalized spacial score (nSPS) is 30.1. The maximum absolute atomic E-state index is 13.1. The van der Waals surface area contributed by atoms with E-state index in [0.29, 0.717) is 24.9 Å². The van der Waals surface area contributed by atoms with Gasteiger partial charge in [-0.2, -0.15) is 0 Å². The number of rotatable bonds is 7. The van der Waals surface area contributed by atoms with Crippen molar-refractivity contribution in [2.75, 3.05) is 25.1 Å². The maximum atomic E-state index is 13.1. The Morgan fingerprint density at radius 1 is 1.14 bits per heavy atom. The van der Waals surface area contributed by atoms with Crippen LogP contribution in [0.5, 0.6) is 5.75 Å². The summed E-state index contributed by atoms with van der Waals surface area (Å²) in [5.41, 5.74) is 0.620. The first kappa shape index (κ1) is 19.6. The van der Waals surface area contributed by atoms with Gasteiger partial charge in [0.05, 0.1) is 12.0 Å². The van der Waals surface area contributed by atoms with Crippen LogP contribution < -0.4 is 15.4 Å². The number of thiocarbonyl (C=S) groups is 1. The first-order chi connectivity index (χ1) is 13.6. The van der Waals surface area contributed by atoms with E-state index in [1.165, 1.54) is 19.3 Å². The fourth-order valence-corrected chi connectivity index (χ4v) is 6.02. The van der Waals surface area contributed by atoms with Crippen LogP contribution in [0.15, 0.2) is 24.3 Å². The van der Waals surface area contributed by atoms with E-state index in [-0.39, 0.29) is 11.3 Å². The average molecular weight is 403 g/mol. The third kappa shape index (κ3) is 4.33. The van der Waals surface area contributed by atoms with Gasteiger partial charge in [-0.15, -0.1) is 0 Å². The Kier molecular flexibility index (Phi) is 5.88. The summed E-state index contributed by atoms with van der Waals surface area (Å²) in [4.78, 5) is 13.1. The summed E-state index contributed by atoms with van der Waals surface area (Å²) in [5, 5.41) is 6.49. The van der Waals surface area contributed by atoms with Gasteiger partial charge in [0.1, 0.15) is 12.4 Å². The van der Waals surface area contributed by atoms with Crippen LogP contribution in [-0.2, 0) is 9.53 Å². The van der Waals surface area contributed by atoms with Crippen molar-refractivity contribution in [1.29, 1.82) is 0 Å². The molecule has 0 heterocycles. The minimum absolute atomic E-state index is 0.119. The number of ether oxygens (including phenoxy) is 2. The van der Waals surface area contributed by atoms with Gasteiger partial charge in [0.15, 0.2) is 5.11 Å². The predicted molar refractivity (Wildman–Crippen MR) is 113 cm³/mol. The molecule has 5 rings (SSSR count). The van der Waals surface area contributed by atoms with Gasteiger partial charge in [0, 0.05) is 18.4 Å². The van der Waals surface area contributed by atoms with Crippen LogP contribution in [0.3, 0.4) is 0 Å². The number of hydrogen-bond donors (Lipinski definition) is 2. The minimum atomic E-state index is -0.190. The summed E-state index contributed by atoms with van der Waals surface area (Å²) >= 11 is 5.43. The van der Waals surface area contributed by atoms with E-state index in [0.717, 1.165) is 48.5 Å². The van der Waals surface area contributed by atoms with Crippen molar-refractivity contribution in [3.63, 3.8) is 0 Å². The van der Waals surface area contributed by atoms with E-state index in [9.17, 15) is 4.79 Å². The molecule has 1 aromatic carbocycles. The van der Waals surface area contributed by atoms with Gasteiger partial charge in [-0.3, -0.25) is 4.79 Å². The van der Waals surface area contributed by atoms with E-state index in [2.05, 4.69) is 10.6 Å². The molecule has 0 aliphatic heterocycles. The van der Waals surface area contributed by atoms with E-state index in [1.54, 1.807) is 0 Å². The van der Waals surface area contributed by atoms with Gasteiger partial charge >= 0.3 is 0 Å². The molecule has 0 saturated heterocycles. The van der Waals surface area contributed by atoms with Gasteiger partial charge in [-0.25, -0.2) is 0 Å². The highest BCUT2D eigenvalue weighted by Gasteiger charge is 2.54. The van der Waals surface area contributed by atoms with Crippen LogP contribution in [0.2, 0.25) is 0 Å². The Morgan fingerprint density at radius 2 is 1.82 bits per heavy atom. The zero-order valence-corrected chi connectivity index (χ0v) is 17.4. The first-order valence-electron chi connectivity index (χ1n) is 10.5. The van der Waals surface area contributed by atoms with Crippen molar-refractivity contribution < 1.29 is 14.3 Å². The van der Waals surface area contributed by atoms with E-state index >= 15 is 0 Å². The zero-order chi connectivity index (χ0) is 19.6. The smallest absolute Gasteiger partial charge is 0.232 e. The molecule has 0 aromatic heterocycles. The monoisotopic (exact) mass is 402 g/mol. The molecule has 1 aromatic rings. The van der Waals surface area contributed by atoms with Gasteiger partial charge in [0.25, 0.3) is 0 Å². The molecule has 152 valence electrons. The molecule has 28 heavy (non-hydrogen) atoms. The number of anilines is 1. The zero-order valence-electron chi connectivity index (χ0n) is 16.5. The summed E-state index contributed by atoms with van der Waals surface area (Å²) in [5.74, 6) is 3.09. The molecule has 4 bridgehead atoms. The fourth-order valence-electron chi connectivity index (χ4n) is 5.81. The summed E-state index contributed by atoms with van der Waals surface area (Å²) in [6.45, 7) is 3.71. The average Bonchev–Trinajstić information content (AvgIpc) is 2.64. The van der Waals surface area contributed by atoms with Crippen molar-refractivity contribution >= 4 is 28.9 Å². The Morgan fingerprint density at radius 3 is 2.46 bits per heavy atom. The highest BCUT2D eigenvalue weighted by atomic mass is 32.1. The third-order valence-electron chi connectivity index (χ3n) is 6.54. The van der Waals surface area contributed by atoms with Crippen molar-refractivity contribution in [3.05, 3.63) is 24.3 Å². The van der Waals surface area contributed by atoms with Crippen LogP contribution in [0.1, 0.15) is 45.4 Å². The molecule has 2 N–H and O–H groups in total. The largest absolute Gasteiger partial charge is 0.491 e. The van der Waals surface area contributed by atoms with Crippen LogP contribution >= 0.6 is 12.2 Å². The molecule has 4 fully saturated rings. The van der Waals surface area contributed by atoms with Gasteiger partial charge in [0.2, 0.25) is 5.91 Å². The molecule has 6 heteroatoms. The molecule has 4 aliphatic carbocycles. The van der Waals surface area contributed by atoms with Gasteiger partial charge in [-0.1, -0.05) is 6.07 Å². The molecule has 0 unspecified atom stereocenters. The van der Waals surface area contributed by atoms with Crippen LogP contribution in [0, 0.1) is 23.2 Å². The lowest BCUT2D eigenvalue weighted by atomic mass is 9.49. The molecule has 4 saturated carbocycles. The molecule has 4 aliphatic rings. The van der Waals surface area contributed by atoms with Crippen LogP contribution in [-0.4, -0.2) is 30.8 Å². The topological polar surface area (TPSA) is 59.6 Å². The Bertz CT molecular complexity index is 701. The number of hydrogen-bond acceptors (Lipinski definition) is 4. The lowest BCUT2D eigenvalue weighted by molar-refractivity contribution is -0.144. The highest BCUT2D eigenvalue weighted by molar-refractivity contribution is 7.80. The fraction of sp³-hybridized carbons (Fsp3) is 0.636. The van der Waals surface area contributed by atoms with Gasteiger partial charge < -0.3 is 20.1 Å². The quantitative estimate of drug-likeness (QED) is 0.530. The van der Waals surface area contributed by atoms with Crippen molar-refractivity contribution in [3.8, 4) is 5.75 Å². The highest BCUT2D eigenvalue weighted by Crippen LogP contribution is 2.60.